The number of hydrogen-bond donors (Lipinski definition) is 0. The van der Waals surface area contributed by atoms with E-state index in [2.05, 4.69) is 65.2 Å². The van der Waals surface area contributed by atoms with Crippen molar-refractivity contribution >= 4 is 0 Å². The van der Waals surface area contributed by atoms with Crippen molar-refractivity contribution in [3.8, 4) is 0 Å². The molecule has 0 bridgehead atoms. The third kappa shape index (κ3) is 4.49. The van der Waals surface area contributed by atoms with Crippen LogP contribution in [0.3, 0.4) is 0 Å². The van der Waals surface area contributed by atoms with Gasteiger partial charge in [0.25, 0.3) is 0 Å². The van der Waals surface area contributed by atoms with Crippen molar-refractivity contribution in [3.05, 3.63) is 0 Å². The van der Waals surface area contributed by atoms with Crippen LogP contribution in [0.15, 0.2) is 0 Å². The van der Waals surface area contributed by atoms with Gasteiger partial charge in [0.15, 0.2) is 0 Å². The fourth-order valence-corrected chi connectivity index (χ4v) is 6.41. The Kier molecular flexibility index (Phi) is 6.15. The van der Waals surface area contributed by atoms with Crippen molar-refractivity contribution in [1.82, 2.24) is 9.80 Å². The second-order valence-electron chi connectivity index (χ2n) is 11.7. The van der Waals surface area contributed by atoms with Crippen LogP contribution in [0.4, 0.5) is 0 Å². The maximum atomic E-state index is 2.91. The Hall–Kier alpha value is -0.0800. The van der Waals surface area contributed by atoms with E-state index in [-0.39, 0.29) is 0 Å². The molecule has 2 heteroatoms. The number of piperidine rings is 2. The standard InChI is InChI=1S/C24H46N2/c1-16(2)11-21-10-9-19(14-26(21)24(6,7)8)12-18(5)25-15-20-13-22(20)23(25)17(3)4/h16-23H,9-15H2,1-8H3/t18?,19?,20-,21?,22-,23+/m0/s1. The van der Waals surface area contributed by atoms with E-state index in [0.29, 0.717) is 5.54 Å². The summed E-state index contributed by atoms with van der Waals surface area (Å²) in [5.74, 6) is 4.59. The fourth-order valence-electron chi connectivity index (χ4n) is 6.41. The number of hydrogen-bond acceptors (Lipinski definition) is 2. The van der Waals surface area contributed by atoms with Gasteiger partial charge in [-0.25, -0.2) is 0 Å². The third-order valence-corrected chi connectivity index (χ3v) is 7.58. The minimum atomic E-state index is 0.303. The van der Waals surface area contributed by atoms with Gasteiger partial charge in [-0.1, -0.05) is 27.7 Å². The summed E-state index contributed by atoms with van der Waals surface area (Å²) in [6.07, 6.45) is 7.14. The molecule has 2 saturated heterocycles. The number of likely N-dealkylation sites (tertiary alicyclic amines) is 2. The van der Waals surface area contributed by atoms with E-state index in [1.165, 1.54) is 45.2 Å². The van der Waals surface area contributed by atoms with Crippen molar-refractivity contribution in [3.63, 3.8) is 0 Å². The monoisotopic (exact) mass is 362 g/mol. The van der Waals surface area contributed by atoms with Crippen LogP contribution in [-0.4, -0.2) is 46.6 Å². The summed E-state index contributed by atoms with van der Waals surface area (Å²) in [4.78, 5) is 5.76. The highest BCUT2D eigenvalue weighted by molar-refractivity contribution is 5.06. The zero-order valence-corrected chi connectivity index (χ0v) is 19.0. The van der Waals surface area contributed by atoms with Crippen molar-refractivity contribution in [2.45, 2.75) is 111 Å². The van der Waals surface area contributed by atoms with Gasteiger partial charge in [-0.3, -0.25) is 9.80 Å². The maximum Gasteiger partial charge on any atom is 0.0153 e. The topological polar surface area (TPSA) is 6.48 Å². The second kappa shape index (κ2) is 7.74. The Bertz CT molecular complexity index is 463. The van der Waals surface area contributed by atoms with Crippen LogP contribution in [0, 0.1) is 29.6 Å². The van der Waals surface area contributed by atoms with E-state index in [9.17, 15) is 0 Å². The average molecular weight is 363 g/mol. The number of fused-ring (bicyclic) bond motifs is 1. The van der Waals surface area contributed by atoms with E-state index < -0.39 is 0 Å². The lowest BCUT2D eigenvalue weighted by molar-refractivity contribution is 0.00448. The lowest BCUT2D eigenvalue weighted by Crippen LogP contribution is -2.54. The first-order chi connectivity index (χ1) is 12.1. The van der Waals surface area contributed by atoms with Gasteiger partial charge in [0.05, 0.1) is 0 Å². The Balaban J connectivity index is 1.60. The average Bonchev–Trinajstić information content (AvgIpc) is 3.16. The van der Waals surface area contributed by atoms with Gasteiger partial charge in [-0.2, -0.15) is 0 Å². The van der Waals surface area contributed by atoms with Gasteiger partial charge < -0.3 is 0 Å². The molecule has 0 aromatic carbocycles. The van der Waals surface area contributed by atoms with Gasteiger partial charge in [-0.05, 0) is 89.4 Å². The molecule has 26 heavy (non-hydrogen) atoms. The molecule has 152 valence electrons. The second-order valence-corrected chi connectivity index (χ2v) is 11.7. The Morgan fingerprint density at radius 1 is 0.923 bits per heavy atom. The first-order valence-corrected chi connectivity index (χ1v) is 11.6. The van der Waals surface area contributed by atoms with Crippen molar-refractivity contribution in [2.24, 2.45) is 29.6 Å². The van der Waals surface area contributed by atoms with Crippen LogP contribution in [0.2, 0.25) is 0 Å². The molecule has 0 aromatic rings. The highest BCUT2D eigenvalue weighted by atomic mass is 15.2. The van der Waals surface area contributed by atoms with E-state index >= 15 is 0 Å². The fraction of sp³-hybridized carbons (Fsp3) is 1.00. The van der Waals surface area contributed by atoms with Crippen LogP contribution in [0.25, 0.3) is 0 Å². The van der Waals surface area contributed by atoms with Gasteiger partial charge >= 0.3 is 0 Å². The highest BCUT2D eigenvalue weighted by Crippen LogP contribution is 2.52. The summed E-state index contributed by atoms with van der Waals surface area (Å²) in [5.41, 5.74) is 0.303. The quantitative estimate of drug-likeness (QED) is 0.601. The molecule has 3 aliphatic rings. The SMILES string of the molecule is CC(C)CC1CCC(CC(C)N2C[C@@H]3C[C@@H]3[C@H]2C(C)C)CN1C(C)(C)C. The minimum absolute atomic E-state index is 0.303. The molecule has 2 nitrogen and oxygen atoms in total. The van der Waals surface area contributed by atoms with Gasteiger partial charge in [-0.15, -0.1) is 0 Å². The summed E-state index contributed by atoms with van der Waals surface area (Å²) in [5, 5.41) is 0. The van der Waals surface area contributed by atoms with Crippen LogP contribution in [0.1, 0.15) is 87.5 Å². The molecule has 3 fully saturated rings. The normalized spacial score (nSPS) is 37.4. The predicted molar refractivity (Wildman–Crippen MR) is 113 cm³/mol. The van der Waals surface area contributed by atoms with Crippen molar-refractivity contribution < 1.29 is 0 Å². The Morgan fingerprint density at radius 2 is 1.62 bits per heavy atom. The van der Waals surface area contributed by atoms with Gasteiger partial charge in [0.2, 0.25) is 0 Å². The van der Waals surface area contributed by atoms with E-state index in [0.717, 1.165) is 47.7 Å². The molecule has 0 aromatic heterocycles. The molecular formula is C24H46N2. The Labute approximate surface area is 164 Å². The zero-order chi connectivity index (χ0) is 19.2. The molecule has 3 unspecified atom stereocenters. The smallest absolute Gasteiger partial charge is 0.0153 e. The molecule has 6 atom stereocenters. The molecule has 1 aliphatic carbocycles. The Morgan fingerprint density at radius 3 is 2.19 bits per heavy atom. The van der Waals surface area contributed by atoms with Crippen LogP contribution >= 0.6 is 0 Å². The molecular weight excluding hydrogens is 316 g/mol. The summed E-state index contributed by atoms with van der Waals surface area (Å²) in [6.45, 7) is 22.2. The van der Waals surface area contributed by atoms with E-state index in [1.807, 2.05) is 0 Å². The maximum absolute atomic E-state index is 2.91. The lowest BCUT2D eigenvalue weighted by Gasteiger charge is -2.49. The van der Waals surface area contributed by atoms with Crippen molar-refractivity contribution in [1.29, 1.82) is 0 Å². The highest BCUT2D eigenvalue weighted by Gasteiger charge is 2.54. The summed E-state index contributed by atoms with van der Waals surface area (Å²) in [6, 6.07) is 2.43. The predicted octanol–water partition coefficient (Wildman–Crippen LogP) is 5.67. The molecule has 2 heterocycles. The summed E-state index contributed by atoms with van der Waals surface area (Å²) >= 11 is 0. The largest absolute Gasteiger partial charge is 0.297 e. The molecule has 1 saturated carbocycles. The van der Waals surface area contributed by atoms with Gasteiger partial charge in [0, 0.05) is 36.8 Å². The molecule has 0 amide bonds. The van der Waals surface area contributed by atoms with E-state index in [1.54, 1.807) is 0 Å². The lowest BCUT2D eigenvalue weighted by atomic mass is 9.82. The third-order valence-electron chi connectivity index (χ3n) is 7.58. The van der Waals surface area contributed by atoms with Gasteiger partial charge in [0.1, 0.15) is 0 Å². The first-order valence-electron chi connectivity index (χ1n) is 11.6. The molecule has 3 rings (SSSR count). The summed E-state index contributed by atoms with van der Waals surface area (Å²) < 4.78 is 0. The minimum Gasteiger partial charge on any atom is -0.297 e. The molecule has 0 spiro atoms. The van der Waals surface area contributed by atoms with Crippen LogP contribution in [-0.2, 0) is 0 Å². The molecule has 0 N–H and O–H groups in total. The summed E-state index contributed by atoms with van der Waals surface area (Å²) in [7, 11) is 0. The van der Waals surface area contributed by atoms with Crippen molar-refractivity contribution in [2.75, 3.05) is 13.1 Å². The van der Waals surface area contributed by atoms with Crippen LogP contribution in [0.5, 0.6) is 0 Å². The zero-order valence-electron chi connectivity index (χ0n) is 19.0. The van der Waals surface area contributed by atoms with Crippen LogP contribution < -0.4 is 0 Å². The molecule has 2 aliphatic heterocycles. The number of rotatable bonds is 6. The molecule has 0 radical (unpaired) electrons. The number of nitrogens with zero attached hydrogens (tertiary/aromatic N) is 2. The first kappa shape index (κ1) is 20.6. The van der Waals surface area contributed by atoms with E-state index in [4.69, 9.17) is 0 Å².